The molecule has 1 unspecified atom stereocenters. The van der Waals surface area contributed by atoms with E-state index in [1.165, 1.54) is 270 Å². The lowest BCUT2D eigenvalue weighted by atomic mass is 10.0. The molecular formula is C72H134O6. The summed E-state index contributed by atoms with van der Waals surface area (Å²) < 4.78 is 16.9. The maximum Gasteiger partial charge on any atom is 0.306 e. The topological polar surface area (TPSA) is 78.9 Å². The Hall–Kier alpha value is -2.37. The van der Waals surface area contributed by atoms with Crippen molar-refractivity contribution in [2.75, 3.05) is 13.2 Å². The van der Waals surface area contributed by atoms with Gasteiger partial charge in [-0.15, -0.1) is 0 Å². The van der Waals surface area contributed by atoms with E-state index >= 15 is 0 Å². The van der Waals surface area contributed by atoms with Gasteiger partial charge in [0.05, 0.1) is 0 Å². The second-order valence-electron chi connectivity index (χ2n) is 23.8. The molecule has 0 aliphatic rings. The van der Waals surface area contributed by atoms with Crippen LogP contribution in [0.25, 0.3) is 0 Å². The van der Waals surface area contributed by atoms with Crippen LogP contribution in [0.5, 0.6) is 0 Å². The normalized spacial score (nSPS) is 12.2. The lowest BCUT2D eigenvalue weighted by Gasteiger charge is -2.18. The molecule has 78 heavy (non-hydrogen) atoms. The summed E-state index contributed by atoms with van der Waals surface area (Å²) in [5.74, 6) is -0.872. The van der Waals surface area contributed by atoms with Crippen LogP contribution >= 0.6 is 0 Å². The van der Waals surface area contributed by atoms with Crippen LogP contribution in [0.2, 0.25) is 0 Å². The van der Waals surface area contributed by atoms with Crippen molar-refractivity contribution in [1.29, 1.82) is 0 Å². The Balaban J connectivity index is 3.98. The zero-order valence-electron chi connectivity index (χ0n) is 52.7. The van der Waals surface area contributed by atoms with Crippen molar-refractivity contribution >= 4 is 17.9 Å². The summed E-state index contributed by atoms with van der Waals surface area (Å²) in [6.45, 7) is 6.61. The minimum absolute atomic E-state index is 0.0740. The fourth-order valence-corrected chi connectivity index (χ4v) is 10.6. The summed E-state index contributed by atoms with van der Waals surface area (Å²) in [4.78, 5) is 38.2. The van der Waals surface area contributed by atoms with Gasteiger partial charge in [0, 0.05) is 19.3 Å². The van der Waals surface area contributed by atoms with E-state index in [4.69, 9.17) is 14.2 Å². The van der Waals surface area contributed by atoms with Gasteiger partial charge in [0.25, 0.3) is 0 Å². The van der Waals surface area contributed by atoms with Crippen LogP contribution < -0.4 is 0 Å². The van der Waals surface area contributed by atoms with Crippen LogP contribution in [0.1, 0.15) is 387 Å². The van der Waals surface area contributed by atoms with Gasteiger partial charge >= 0.3 is 17.9 Å². The predicted molar refractivity (Wildman–Crippen MR) is 339 cm³/mol. The summed E-state index contributed by atoms with van der Waals surface area (Å²) in [7, 11) is 0. The van der Waals surface area contributed by atoms with E-state index in [1.54, 1.807) is 0 Å². The first-order valence-corrected chi connectivity index (χ1v) is 35.0. The summed E-state index contributed by atoms with van der Waals surface area (Å²) >= 11 is 0. The van der Waals surface area contributed by atoms with Gasteiger partial charge in [-0.1, -0.05) is 314 Å². The number of unbranched alkanes of at least 4 members (excludes halogenated alkanes) is 48. The molecule has 1 atom stereocenters. The van der Waals surface area contributed by atoms with Gasteiger partial charge in [0.15, 0.2) is 6.10 Å². The standard InChI is InChI=1S/C72H134O6/c1-4-7-10-13-16-19-22-24-26-27-28-29-30-31-32-33-34-35-36-37-38-39-40-41-42-43-44-45-47-48-50-53-56-59-62-65-71(74)77-68-69(67-76-70(73)64-61-58-55-52-21-18-15-12-9-6-3)78-72(75)66-63-60-57-54-51-49-46-25-23-20-17-14-11-8-5-2/h12,15,25,27-28,46,69H,4-11,13-14,16-24,26,29-45,47-68H2,1-3H3/b15-12-,28-27-,46-25-. The third-order valence-electron chi connectivity index (χ3n) is 15.8. The Kier molecular flexibility index (Phi) is 65.1. The fraction of sp³-hybridized carbons (Fsp3) is 0.875. The van der Waals surface area contributed by atoms with Gasteiger partial charge < -0.3 is 14.2 Å². The number of carbonyl (C=O) groups excluding carboxylic acids is 3. The van der Waals surface area contributed by atoms with Crippen LogP contribution in [-0.2, 0) is 28.6 Å². The highest BCUT2D eigenvalue weighted by molar-refractivity contribution is 5.71. The molecule has 0 saturated heterocycles. The number of esters is 3. The second kappa shape index (κ2) is 67.1. The number of carbonyl (C=O) groups is 3. The van der Waals surface area contributed by atoms with Crippen LogP contribution in [0.3, 0.4) is 0 Å². The molecule has 0 aromatic heterocycles. The van der Waals surface area contributed by atoms with E-state index in [9.17, 15) is 14.4 Å². The van der Waals surface area contributed by atoms with Gasteiger partial charge in [-0.3, -0.25) is 14.4 Å². The zero-order valence-corrected chi connectivity index (χ0v) is 52.7. The van der Waals surface area contributed by atoms with Crippen molar-refractivity contribution in [3.63, 3.8) is 0 Å². The molecule has 0 fully saturated rings. The van der Waals surface area contributed by atoms with Crippen molar-refractivity contribution < 1.29 is 28.6 Å². The molecule has 0 bridgehead atoms. The van der Waals surface area contributed by atoms with Crippen molar-refractivity contribution in [3.05, 3.63) is 36.5 Å². The zero-order chi connectivity index (χ0) is 56.4. The Bertz CT molecular complexity index is 1300. The lowest BCUT2D eigenvalue weighted by Crippen LogP contribution is -2.30. The van der Waals surface area contributed by atoms with Gasteiger partial charge in [0.2, 0.25) is 0 Å². The minimum atomic E-state index is -0.777. The highest BCUT2D eigenvalue weighted by Crippen LogP contribution is 2.18. The van der Waals surface area contributed by atoms with Gasteiger partial charge in [-0.05, 0) is 89.9 Å². The molecule has 458 valence electrons. The predicted octanol–water partition coefficient (Wildman–Crippen LogP) is 23.9. The average Bonchev–Trinajstić information content (AvgIpc) is 3.44. The van der Waals surface area contributed by atoms with Crippen molar-refractivity contribution in [3.8, 4) is 0 Å². The number of ether oxygens (including phenoxy) is 3. The van der Waals surface area contributed by atoms with Gasteiger partial charge in [0.1, 0.15) is 13.2 Å². The molecule has 0 N–H and O–H groups in total. The molecule has 0 spiro atoms. The molecule has 0 amide bonds. The fourth-order valence-electron chi connectivity index (χ4n) is 10.6. The summed E-state index contributed by atoms with van der Waals surface area (Å²) in [5, 5.41) is 0. The van der Waals surface area contributed by atoms with E-state index in [1.807, 2.05) is 0 Å². The van der Waals surface area contributed by atoms with Crippen LogP contribution in [0, 0.1) is 0 Å². The lowest BCUT2D eigenvalue weighted by molar-refractivity contribution is -0.167. The van der Waals surface area contributed by atoms with Crippen LogP contribution in [0.15, 0.2) is 36.5 Å². The Morgan fingerprint density at radius 3 is 0.692 bits per heavy atom. The van der Waals surface area contributed by atoms with E-state index in [-0.39, 0.29) is 31.1 Å². The number of allylic oxidation sites excluding steroid dienone is 6. The minimum Gasteiger partial charge on any atom is -0.462 e. The third-order valence-corrected chi connectivity index (χ3v) is 15.8. The molecule has 6 heteroatoms. The quantitative estimate of drug-likeness (QED) is 0.0261. The summed E-state index contributed by atoms with van der Waals surface area (Å²) in [6.07, 6.45) is 83.5. The largest absolute Gasteiger partial charge is 0.462 e. The van der Waals surface area contributed by atoms with Crippen LogP contribution in [-0.4, -0.2) is 37.2 Å². The molecule has 0 aromatic carbocycles. The molecular weight excluding hydrogens is 961 g/mol. The highest BCUT2D eigenvalue weighted by Gasteiger charge is 2.19. The first kappa shape index (κ1) is 75.6. The molecule has 0 radical (unpaired) electrons. The van der Waals surface area contributed by atoms with E-state index < -0.39 is 6.10 Å². The van der Waals surface area contributed by atoms with Crippen molar-refractivity contribution in [2.45, 2.75) is 393 Å². The summed E-state index contributed by atoms with van der Waals surface area (Å²) in [5.41, 5.74) is 0. The molecule has 0 saturated carbocycles. The Morgan fingerprint density at radius 1 is 0.244 bits per heavy atom. The molecule has 0 aliphatic heterocycles. The molecule has 6 nitrogen and oxygen atoms in total. The first-order chi connectivity index (χ1) is 38.5. The average molecular weight is 1100 g/mol. The number of hydrogen-bond donors (Lipinski definition) is 0. The molecule has 0 aliphatic carbocycles. The van der Waals surface area contributed by atoms with E-state index in [0.29, 0.717) is 19.3 Å². The van der Waals surface area contributed by atoms with Crippen molar-refractivity contribution in [1.82, 2.24) is 0 Å². The number of rotatable bonds is 65. The first-order valence-electron chi connectivity index (χ1n) is 35.0. The Labute approximate surface area is 486 Å². The van der Waals surface area contributed by atoms with E-state index in [2.05, 4.69) is 57.2 Å². The second-order valence-corrected chi connectivity index (χ2v) is 23.8. The molecule has 0 rings (SSSR count). The smallest absolute Gasteiger partial charge is 0.306 e. The van der Waals surface area contributed by atoms with Gasteiger partial charge in [-0.2, -0.15) is 0 Å². The summed E-state index contributed by atoms with van der Waals surface area (Å²) in [6, 6.07) is 0. The molecule has 0 heterocycles. The van der Waals surface area contributed by atoms with Crippen molar-refractivity contribution in [2.24, 2.45) is 0 Å². The number of hydrogen-bond acceptors (Lipinski definition) is 6. The maximum atomic E-state index is 12.9. The molecule has 0 aromatic rings. The maximum absolute atomic E-state index is 12.9. The highest BCUT2D eigenvalue weighted by atomic mass is 16.6. The van der Waals surface area contributed by atoms with Crippen LogP contribution in [0.4, 0.5) is 0 Å². The Morgan fingerprint density at radius 2 is 0.449 bits per heavy atom. The van der Waals surface area contributed by atoms with E-state index in [0.717, 1.165) is 77.0 Å². The third kappa shape index (κ3) is 64.5. The monoisotopic (exact) mass is 1100 g/mol. The van der Waals surface area contributed by atoms with Gasteiger partial charge in [-0.25, -0.2) is 0 Å². The SMILES string of the molecule is CCC/C=C\CCCCCCCC(=O)OCC(COC(=O)CCCCCCCCCCCCCCCCCCCCCCCCC/C=C\CCCCCCCCCC)OC(=O)CCCCCCC/C=C\CCCCCCCC.